The van der Waals surface area contributed by atoms with Gasteiger partial charge in [-0.3, -0.25) is 9.59 Å². The lowest BCUT2D eigenvalue weighted by atomic mass is 9.97. The van der Waals surface area contributed by atoms with Gasteiger partial charge in [0.15, 0.2) is 5.43 Å². The van der Waals surface area contributed by atoms with Gasteiger partial charge in [0.05, 0.1) is 17.0 Å². The number of amides is 1. The summed E-state index contributed by atoms with van der Waals surface area (Å²) in [6.45, 7) is 5.39. The molecule has 0 spiro atoms. The number of benzene rings is 2. The molecule has 5 heteroatoms. The molecular weight excluding hydrogens is 364 g/mol. The summed E-state index contributed by atoms with van der Waals surface area (Å²) in [5.41, 5.74) is 3.83. The molecule has 1 atom stereocenters. The highest BCUT2D eigenvalue weighted by atomic mass is 16.3. The van der Waals surface area contributed by atoms with Gasteiger partial charge in [-0.1, -0.05) is 30.3 Å². The Morgan fingerprint density at radius 3 is 2.41 bits per heavy atom. The molecule has 1 unspecified atom stereocenters. The minimum atomic E-state index is -0.414. The van der Waals surface area contributed by atoms with E-state index in [1.54, 1.807) is 4.90 Å². The number of rotatable bonds is 5. The van der Waals surface area contributed by atoms with Crippen LogP contribution in [0.25, 0.3) is 11.0 Å². The van der Waals surface area contributed by atoms with E-state index in [1.807, 2.05) is 70.4 Å². The van der Waals surface area contributed by atoms with Crippen molar-refractivity contribution in [1.82, 2.24) is 9.80 Å². The van der Waals surface area contributed by atoms with Gasteiger partial charge in [0.25, 0.3) is 5.91 Å². The Balaban J connectivity index is 1.89. The molecule has 4 rings (SSSR count). The molecular formula is C24H26N2O3. The van der Waals surface area contributed by atoms with Crippen molar-refractivity contribution in [3.05, 3.63) is 80.7 Å². The number of aryl methyl sites for hydroxylation is 2. The van der Waals surface area contributed by atoms with Gasteiger partial charge in [-0.25, -0.2) is 0 Å². The summed E-state index contributed by atoms with van der Waals surface area (Å²) in [7, 11) is 4.02. The monoisotopic (exact) mass is 390 g/mol. The molecule has 0 aliphatic carbocycles. The molecule has 1 aliphatic heterocycles. The zero-order chi connectivity index (χ0) is 20.7. The van der Waals surface area contributed by atoms with Crippen LogP contribution < -0.4 is 5.43 Å². The lowest BCUT2D eigenvalue weighted by molar-refractivity contribution is 0.0722. The number of hydrogen-bond acceptors (Lipinski definition) is 4. The Labute approximate surface area is 170 Å². The van der Waals surface area contributed by atoms with Crippen molar-refractivity contribution in [2.24, 2.45) is 0 Å². The maximum Gasteiger partial charge on any atom is 0.290 e. The fourth-order valence-electron chi connectivity index (χ4n) is 4.05. The summed E-state index contributed by atoms with van der Waals surface area (Å²) in [5, 5.41) is 0.538. The largest absolute Gasteiger partial charge is 0.450 e. The Morgan fingerprint density at radius 2 is 1.72 bits per heavy atom. The predicted molar refractivity (Wildman–Crippen MR) is 114 cm³/mol. The topological polar surface area (TPSA) is 53.8 Å². The average Bonchev–Trinajstić information content (AvgIpc) is 2.97. The van der Waals surface area contributed by atoms with E-state index in [0.29, 0.717) is 23.1 Å². The van der Waals surface area contributed by atoms with Gasteiger partial charge >= 0.3 is 0 Å². The third kappa shape index (κ3) is 3.36. The standard InChI is InChI=1S/C24H26N2O3/c1-15-13-18-19(14-16(15)2)29-23-20(22(18)27)21(17-9-6-5-7-10-17)26(24(23)28)12-8-11-25(3)4/h5-7,9-10,13-14,21H,8,11-12H2,1-4H3. The predicted octanol–water partition coefficient (Wildman–Crippen LogP) is 3.91. The molecule has 2 heterocycles. The van der Waals surface area contributed by atoms with Crippen molar-refractivity contribution in [2.75, 3.05) is 27.2 Å². The molecule has 0 N–H and O–H groups in total. The van der Waals surface area contributed by atoms with Gasteiger partial charge in [-0.15, -0.1) is 0 Å². The fraction of sp³-hybridized carbons (Fsp3) is 0.333. The van der Waals surface area contributed by atoms with Crippen molar-refractivity contribution in [3.63, 3.8) is 0 Å². The van der Waals surface area contributed by atoms with Crippen molar-refractivity contribution in [1.29, 1.82) is 0 Å². The number of hydrogen-bond donors (Lipinski definition) is 0. The minimum Gasteiger partial charge on any atom is -0.450 e. The van der Waals surface area contributed by atoms with E-state index in [4.69, 9.17) is 4.42 Å². The highest BCUT2D eigenvalue weighted by molar-refractivity contribution is 5.99. The van der Waals surface area contributed by atoms with Crippen LogP contribution in [0.1, 0.15) is 45.3 Å². The molecule has 0 radical (unpaired) electrons. The van der Waals surface area contributed by atoms with Gasteiger partial charge < -0.3 is 14.2 Å². The summed E-state index contributed by atoms with van der Waals surface area (Å²) >= 11 is 0. The van der Waals surface area contributed by atoms with Crippen LogP contribution in [-0.2, 0) is 0 Å². The van der Waals surface area contributed by atoms with Crippen molar-refractivity contribution >= 4 is 16.9 Å². The molecule has 1 amide bonds. The molecule has 0 saturated heterocycles. The second kappa shape index (κ2) is 7.48. The van der Waals surface area contributed by atoms with E-state index in [-0.39, 0.29) is 17.1 Å². The first-order chi connectivity index (χ1) is 13.9. The van der Waals surface area contributed by atoms with Crippen LogP contribution >= 0.6 is 0 Å². The highest BCUT2D eigenvalue weighted by Gasteiger charge is 2.42. The lowest BCUT2D eigenvalue weighted by Gasteiger charge is -2.25. The molecule has 1 aliphatic rings. The van der Waals surface area contributed by atoms with Crippen LogP contribution in [0.4, 0.5) is 0 Å². The molecule has 150 valence electrons. The normalized spacial score (nSPS) is 16.1. The second-order valence-electron chi connectivity index (χ2n) is 8.08. The summed E-state index contributed by atoms with van der Waals surface area (Å²) in [6, 6.07) is 13.1. The SMILES string of the molecule is Cc1cc2oc3c(c(=O)c2cc1C)C(c1ccccc1)N(CCCN(C)C)C3=O. The van der Waals surface area contributed by atoms with Crippen LogP contribution in [-0.4, -0.2) is 42.9 Å². The molecule has 0 fully saturated rings. The van der Waals surface area contributed by atoms with Gasteiger partial charge in [0.2, 0.25) is 5.76 Å². The molecule has 0 saturated carbocycles. The van der Waals surface area contributed by atoms with Gasteiger partial charge in [-0.05, 0) is 69.7 Å². The Kier molecular flexibility index (Phi) is 5.01. The van der Waals surface area contributed by atoms with Crippen molar-refractivity contribution in [2.45, 2.75) is 26.3 Å². The van der Waals surface area contributed by atoms with Crippen LogP contribution in [0.3, 0.4) is 0 Å². The zero-order valence-corrected chi connectivity index (χ0v) is 17.4. The first kappa shape index (κ1) is 19.4. The zero-order valence-electron chi connectivity index (χ0n) is 17.4. The summed E-state index contributed by atoms with van der Waals surface area (Å²) in [5.74, 6) is -0.0192. The molecule has 5 nitrogen and oxygen atoms in total. The van der Waals surface area contributed by atoms with Gasteiger partial charge in [-0.2, -0.15) is 0 Å². The average molecular weight is 390 g/mol. The number of fused-ring (bicyclic) bond motifs is 2. The van der Waals surface area contributed by atoms with Gasteiger partial charge in [0, 0.05) is 6.54 Å². The van der Waals surface area contributed by atoms with Crippen LogP contribution in [0.5, 0.6) is 0 Å². The van der Waals surface area contributed by atoms with E-state index in [0.717, 1.165) is 29.7 Å². The van der Waals surface area contributed by atoms with Crippen LogP contribution in [0.2, 0.25) is 0 Å². The number of carbonyl (C=O) groups excluding carboxylic acids is 1. The third-order valence-electron chi connectivity index (χ3n) is 5.70. The number of nitrogens with zero attached hydrogens (tertiary/aromatic N) is 2. The third-order valence-corrected chi connectivity index (χ3v) is 5.70. The smallest absolute Gasteiger partial charge is 0.290 e. The van der Waals surface area contributed by atoms with Crippen LogP contribution in [0.15, 0.2) is 51.7 Å². The van der Waals surface area contributed by atoms with E-state index in [2.05, 4.69) is 4.90 Å². The van der Waals surface area contributed by atoms with E-state index < -0.39 is 6.04 Å². The lowest BCUT2D eigenvalue weighted by Crippen LogP contribution is -2.32. The Morgan fingerprint density at radius 1 is 1.03 bits per heavy atom. The minimum absolute atomic E-state index is 0.110. The second-order valence-corrected chi connectivity index (χ2v) is 8.08. The summed E-state index contributed by atoms with van der Waals surface area (Å²) in [6.07, 6.45) is 0.821. The fourth-order valence-corrected chi connectivity index (χ4v) is 4.05. The molecule has 2 aromatic carbocycles. The Bertz CT molecular complexity index is 1130. The van der Waals surface area contributed by atoms with Gasteiger partial charge in [0.1, 0.15) is 5.58 Å². The first-order valence-electron chi connectivity index (χ1n) is 9.97. The van der Waals surface area contributed by atoms with Crippen LogP contribution in [0, 0.1) is 13.8 Å². The van der Waals surface area contributed by atoms with E-state index in [1.165, 1.54) is 0 Å². The number of carbonyl (C=O) groups is 1. The van der Waals surface area contributed by atoms with E-state index >= 15 is 0 Å². The maximum absolute atomic E-state index is 13.5. The quantitative estimate of drug-likeness (QED) is 0.663. The molecule has 1 aromatic heterocycles. The Hall–Kier alpha value is -2.92. The summed E-state index contributed by atoms with van der Waals surface area (Å²) < 4.78 is 6.04. The van der Waals surface area contributed by atoms with Crippen molar-refractivity contribution < 1.29 is 9.21 Å². The highest BCUT2D eigenvalue weighted by Crippen LogP contribution is 2.38. The molecule has 29 heavy (non-hydrogen) atoms. The molecule has 0 bridgehead atoms. The first-order valence-corrected chi connectivity index (χ1v) is 9.97. The van der Waals surface area contributed by atoms with E-state index in [9.17, 15) is 9.59 Å². The maximum atomic E-state index is 13.5. The summed E-state index contributed by atoms with van der Waals surface area (Å²) in [4.78, 5) is 30.7. The molecule has 3 aromatic rings. The van der Waals surface area contributed by atoms with Crippen molar-refractivity contribution in [3.8, 4) is 0 Å².